The molecule has 5 aliphatic rings. The Labute approximate surface area is 114 Å². The van der Waals surface area contributed by atoms with Crippen molar-refractivity contribution < 1.29 is 9.59 Å². The summed E-state index contributed by atoms with van der Waals surface area (Å²) in [6.07, 6.45) is 8.92. The van der Waals surface area contributed by atoms with Gasteiger partial charge in [-0.1, -0.05) is 0 Å². The van der Waals surface area contributed by atoms with Crippen LogP contribution in [0, 0.1) is 59.2 Å². The highest BCUT2D eigenvalue weighted by molar-refractivity contribution is 5.57. The number of hydrogen-bond donors (Lipinski definition) is 0. The Morgan fingerprint density at radius 1 is 0.579 bits per heavy atom. The van der Waals surface area contributed by atoms with E-state index in [2.05, 4.69) is 0 Å². The number of aldehydes is 2. The average molecular weight is 258 g/mol. The highest BCUT2D eigenvalue weighted by atomic mass is 16.1. The van der Waals surface area contributed by atoms with Crippen molar-refractivity contribution in [3.8, 4) is 0 Å². The molecule has 10 atom stereocenters. The molecule has 5 rings (SSSR count). The van der Waals surface area contributed by atoms with Gasteiger partial charge in [0.1, 0.15) is 12.6 Å². The lowest BCUT2D eigenvalue weighted by Gasteiger charge is -2.36. The molecule has 0 aromatic heterocycles. The lowest BCUT2D eigenvalue weighted by atomic mass is 9.68. The summed E-state index contributed by atoms with van der Waals surface area (Å²) in [5.74, 6) is 7.40. The van der Waals surface area contributed by atoms with Crippen LogP contribution in [0.4, 0.5) is 0 Å². The molecule has 5 aliphatic carbocycles. The Bertz CT molecular complexity index is 445. The second-order valence-electron chi connectivity index (χ2n) is 8.11. The first-order chi connectivity index (χ1) is 9.31. The summed E-state index contributed by atoms with van der Waals surface area (Å²) in [6, 6.07) is 0. The monoisotopic (exact) mass is 258 g/mol. The third-order valence-corrected chi connectivity index (χ3v) is 7.92. The van der Waals surface area contributed by atoms with Gasteiger partial charge in [0.2, 0.25) is 0 Å². The van der Waals surface area contributed by atoms with E-state index in [0.29, 0.717) is 17.8 Å². The number of carbonyl (C=O) groups is 2. The van der Waals surface area contributed by atoms with E-state index >= 15 is 0 Å². The summed E-state index contributed by atoms with van der Waals surface area (Å²) in [4.78, 5) is 22.5. The number of rotatable bonds is 2. The molecule has 0 N–H and O–H groups in total. The maximum atomic E-state index is 11.3. The van der Waals surface area contributed by atoms with Crippen molar-refractivity contribution in [2.24, 2.45) is 59.2 Å². The zero-order valence-corrected chi connectivity index (χ0v) is 11.3. The topological polar surface area (TPSA) is 34.1 Å². The fourth-order valence-electron chi connectivity index (χ4n) is 7.63. The quantitative estimate of drug-likeness (QED) is 0.713. The highest BCUT2D eigenvalue weighted by Gasteiger charge is 2.66. The van der Waals surface area contributed by atoms with Crippen molar-refractivity contribution >= 4 is 12.6 Å². The lowest BCUT2D eigenvalue weighted by molar-refractivity contribution is -0.113. The fourth-order valence-corrected chi connectivity index (χ4v) is 7.63. The molecule has 5 fully saturated rings. The van der Waals surface area contributed by atoms with Gasteiger partial charge in [-0.2, -0.15) is 0 Å². The fraction of sp³-hybridized carbons (Fsp3) is 0.882. The van der Waals surface area contributed by atoms with Crippen LogP contribution in [-0.2, 0) is 9.59 Å². The number of carbonyl (C=O) groups excluding carboxylic acids is 2. The zero-order valence-electron chi connectivity index (χ0n) is 11.3. The Balaban J connectivity index is 1.49. The molecule has 4 bridgehead atoms. The number of hydrogen-bond acceptors (Lipinski definition) is 2. The second kappa shape index (κ2) is 3.51. The molecular weight excluding hydrogens is 236 g/mol. The van der Waals surface area contributed by atoms with E-state index in [1.165, 1.54) is 44.7 Å². The van der Waals surface area contributed by atoms with Gasteiger partial charge in [0.25, 0.3) is 0 Å². The van der Waals surface area contributed by atoms with Gasteiger partial charge in [0.05, 0.1) is 0 Å². The van der Waals surface area contributed by atoms with Gasteiger partial charge in [0, 0.05) is 11.8 Å². The standard InChI is InChI=1S/C17H22O2/c18-6-10-2-9-4-12(10)15-5-14-8-1-11(7-19)13(3-8)17(14)16(9)15/h6-17H,1-5H2. The van der Waals surface area contributed by atoms with Crippen molar-refractivity contribution in [3.63, 3.8) is 0 Å². The molecule has 0 aromatic carbocycles. The molecule has 5 saturated carbocycles. The molecule has 0 saturated heterocycles. The summed E-state index contributed by atoms with van der Waals surface area (Å²) < 4.78 is 0. The maximum absolute atomic E-state index is 11.3. The largest absolute Gasteiger partial charge is 0.303 e. The van der Waals surface area contributed by atoms with Gasteiger partial charge < -0.3 is 9.59 Å². The van der Waals surface area contributed by atoms with E-state index in [0.717, 1.165) is 41.4 Å². The minimum Gasteiger partial charge on any atom is -0.303 e. The molecule has 2 heteroatoms. The number of fused-ring (bicyclic) bond motifs is 11. The molecule has 102 valence electrons. The molecule has 10 unspecified atom stereocenters. The van der Waals surface area contributed by atoms with Crippen molar-refractivity contribution in [1.82, 2.24) is 0 Å². The molecule has 2 nitrogen and oxygen atoms in total. The Hall–Kier alpha value is -0.660. The van der Waals surface area contributed by atoms with Gasteiger partial charge in [-0.05, 0) is 79.4 Å². The highest BCUT2D eigenvalue weighted by Crippen LogP contribution is 2.72. The molecule has 0 aromatic rings. The maximum Gasteiger partial charge on any atom is 0.123 e. The molecule has 0 spiro atoms. The second-order valence-corrected chi connectivity index (χ2v) is 8.11. The minimum absolute atomic E-state index is 0.379. The predicted octanol–water partition coefficient (Wildman–Crippen LogP) is 2.56. The van der Waals surface area contributed by atoms with Crippen LogP contribution in [0.3, 0.4) is 0 Å². The van der Waals surface area contributed by atoms with Crippen molar-refractivity contribution in [3.05, 3.63) is 0 Å². The van der Waals surface area contributed by atoms with Crippen LogP contribution in [0.5, 0.6) is 0 Å². The average Bonchev–Trinajstić information content (AvgIpc) is 3.17. The third kappa shape index (κ3) is 1.16. The van der Waals surface area contributed by atoms with Gasteiger partial charge in [-0.15, -0.1) is 0 Å². The molecular formula is C17H22O2. The van der Waals surface area contributed by atoms with Crippen molar-refractivity contribution in [1.29, 1.82) is 0 Å². The Morgan fingerprint density at radius 2 is 1.26 bits per heavy atom. The van der Waals surface area contributed by atoms with Crippen LogP contribution < -0.4 is 0 Å². The van der Waals surface area contributed by atoms with Gasteiger partial charge in [-0.25, -0.2) is 0 Å². The molecule has 0 aliphatic heterocycles. The van der Waals surface area contributed by atoms with Crippen molar-refractivity contribution in [2.75, 3.05) is 0 Å². The Morgan fingerprint density at radius 3 is 2.05 bits per heavy atom. The minimum atomic E-state index is 0.379. The van der Waals surface area contributed by atoms with Crippen molar-refractivity contribution in [2.45, 2.75) is 32.1 Å². The summed E-state index contributed by atoms with van der Waals surface area (Å²) in [7, 11) is 0. The van der Waals surface area contributed by atoms with Gasteiger partial charge in [-0.3, -0.25) is 0 Å². The first-order valence-electron chi connectivity index (χ1n) is 8.22. The van der Waals surface area contributed by atoms with Crippen LogP contribution in [0.1, 0.15) is 32.1 Å². The van der Waals surface area contributed by atoms with E-state index < -0.39 is 0 Å². The summed E-state index contributed by atoms with van der Waals surface area (Å²) in [6.45, 7) is 0. The molecule has 0 heterocycles. The first-order valence-corrected chi connectivity index (χ1v) is 8.22. The van der Waals surface area contributed by atoms with E-state index in [1.807, 2.05) is 0 Å². The van der Waals surface area contributed by atoms with Crippen LogP contribution in [-0.4, -0.2) is 12.6 Å². The van der Waals surface area contributed by atoms with Crippen LogP contribution in [0.15, 0.2) is 0 Å². The Kier molecular flexibility index (Phi) is 2.04. The van der Waals surface area contributed by atoms with Gasteiger partial charge >= 0.3 is 0 Å². The zero-order chi connectivity index (χ0) is 12.7. The van der Waals surface area contributed by atoms with Crippen LogP contribution >= 0.6 is 0 Å². The lowest BCUT2D eigenvalue weighted by Crippen LogP contribution is -2.33. The van der Waals surface area contributed by atoms with E-state index in [1.54, 1.807) is 0 Å². The van der Waals surface area contributed by atoms with Gasteiger partial charge in [0.15, 0.2) is 0 Å². The molecule has 0 radical (unpaired) electrons. The van der Waals surface area contributed by atoms with E-state index in [9.17, 15) is 9.59 Å². The first kappa shape index (κ1) is 11.0. The smallest absolute Gasteiger partial charge is 0.123 e. The van der Waals surface area contributed by atoms with E-state index in [4.69, 9.17) is 0 Å². The summed E-state index contributed by atoms with van der Waals surface area (Å²) >= 11 is 0. The third-order valence-electron chi connectivity index (χ3n) is 7.92. The summed E-state index contributed by atoms with van der Waals surface area (Å²) in [5.41, 5.74) is 0. The van der Waals surface area contributed by atoms with Crippen LogP contribution in [0.2, 0.25) is 0 Å². The molecule has 0 amide bonds. The van der Waals surface area contributed by atoms with Crippen LogP contribution in [0.25, 0.3) is 0 Å². The molecule has 19 heavy (non-hydrogen) atoms. The SMILES string of the molecule is O=CC1CC2CC1C1CC3C4CC(C=O)C(C4)C3C21. The summed E-state index contributed by atoms with van der Waals surface area (Å²) in [5, 5.41) is 0. The normalized spacial score (nSPS) is 64.2. The van der Waals surface area contributed by atoms with E-state index in [-0.39, 0.29) is 0 Å². The predicted molar refractivity (Wildman–Crippen MR) is 70.1 cm³/mol.